The summed E-state index contributed by atoms with van der Waals surface area (Å²) >= 11 is 1.23. The summed E-state index contributed by atoms with van der Waals surface area (Å²) in [6.07, 6.45) is 1.68. The third-order valence-electron chi connectivity index (χ3n) is 5.03. The van der Waals surface area contributed by atoms with Crippen LogP contribution >= 0.6 is 11.8 Å². The number of para-hydroxylation sites is 1. The second kappa shape index (κ2) is 9.83. The van der Waals surface area contributed by atoms with Crippen molar-refractivity contribution in [3.63, 3.8) is 0 Å². The Balaban J connectivity index is 1.50. The van der Waals surface area contributed by atoms with Gasteiger partial charge in [0, 0.05) is 6.54 Å². The van der Waals surface area contributed by atoms with Gasteiger partial charge in [-0.15, -0.1) is 16.8 Å². The molecule has 0 bridgehead atoms. The Morgan fingerprint density at radius 1 is 1.12 bits per heavy atom. The van der Waals surface area contributed by atoms with Crippen molar-refractivity contribution in [2.75, 3.05) is 11.1 Å². The number of carbonyl (C=O) groups excluding carboxylic acids is 1. The number of aromatic nitrogens is 5. The van der Waals surface area contributed by atoms with E-state index in [1.54, 1.807) is 33.5 Å². The van der Waals surface area contributed by atoms with Gasteiger partial charge in [0.1, 0.15) is 5.82 Å². The highest BCUT2D eigenvalue weighted by Crippen LogP contribution is 2.27. The summed E-state index contributed by atoms with van der Waals surface area (Å²) in [6, 6.07) is 16.1. The predicted molar refractivity (Wildman–Crippen MR) is 128 cm³/mol. The van der Waals surface area contributed by atoms with Crippen molar-refractivity contribution < 1.29 is 9.18 Å². The molecule has 0 spiro atoms. The molecule has 0 radical (unpaired) electrons. The molecule has 1 N–H and O–H groups in total. The first-order chi connectivity index (χ1) is 16.0. The first kappa shape index (κ1) is 22.5. The Hall–Kier alpha value is -3.72. The van der Waals surface area contributed by atoms with E-state index in [4.69, 9.17) is 0 Å². The number of benzene rings is 2. The number of hydrogen-bond donors (Lipinski definition) is 1. The fourth-order valence-corrected chi connectivity index (χ4v) is 4.23. The molecule has 9 heteroatoms. The fraction of sp³-hybridized carbons (Fsp3) is 0.167. The van der Waals surface area contributed by atoms with E-state index in [9.17, 15) is 9.18 Å². The van der Waals surface area contributed by atoms with Gasteiger partial charge < -0.3 is 5.32 Å². The molecule has 0 aliphatic heterocycles. The summed E-state index contributed by atoms with van der Waals surface area (Å²) in [6.45, 7) is 7.93. The standard InChI is InChI=1S/C24H23FN6OS/c1-4-14-30-23(19-12-8-9-13-20(19)25)27-28-24(30)33-15-21(32)26-22-16(2)29-31(17(22)3)18-10-6-5-7-11-18/h4-13H,1,14-15H2,2-3H3,(H,26,32). The zero-order valence-electron chi connectivity index (χ0n) is 18.3. The lowest BCUT2D eigenvalue weighted by Crippen LogP contribution is -2.16. The normalized spacial score (nSPS) is 10.9. The summed E-state index contributed by atoms with van der Waals surface area (Å²) < 4.78 is 17.8. The smallest absolute Gasteiger partial charge is 0.234 e. The van der Waals surface area contributed by atoms with Crippen molar-refractivity contribution in [3.8, 4) is 17.1 Å². The van der Waals surface area contributed by atoms with Gasteiger partial charge in [0.25, 0.3) is 0 Å². The molecular formula is C24H23FN6OS. The largest absolute Gasteiger partial charge is 0.322 e. The van der Waals surface area contributed by atoms with E-state index in [1.807, 2.05) is 44.2 Å². The molecule has 4 aromatic rings. The summed E-state index contributed by atoms with van der Waals surface area (Å²) in [4.78, 5) is 12.7. The van der Waals surface area contributed by atoms with Crippen LogP contribution in [-0.2, 0) is 11.3 Å². The maximum absolute atomic E-state index is 14.3. The Kier molecular flexibility index (Phi) is 6.69. The van der Waals surface area contributed by atoms with Crippen LogP contribution < -0.4 is 5.32 Å². The van der Waals surface area contributed by atoms with Crippen molar-refractivity contribution in [3.05, 3.63) is 84.5 Å². The van der Waals surface area contributed by atoms with E-state index in [0.29, 0.717) is 28.8 Å². The average Bonchev–Trinajstić information content (AvgIpc) is 3.34. The van der Waals surface area contributed by atoms with Gasteiger partial charge in [-0.25, -0.2) is 9.07 Å². The van der Waals surface area contributed by atoms with Crippen LogP contribution in [0.25, 0.3) is 17.1 Å². The first-order valence-corrected chi connectivity index (χ1v) is 11.3. The Morgan fingerprint density at radius 3 is 2.58 bits per heavy atom. The molecule has 0 unspecified atom stereocenters. The number of nitrogens with one attached hydrogen (secondary N) is 1. The van der Waals surface area contributed by atoms with Crippen molar-refractivity contribution in [1.29, 1.82) is 0 Å². The number of allylic oxidation sites excluding steroid dienone is 1. The monoisotopic (exact) mass is 462 g/mol. The van der Waals surface area contributed by atoms with Crippen LogP contribution in [0.15, 0.2) is 72.4 Å². The van der Waals surface area contributed by atoms with Crippen LogP contribution in [0.1, 0.15) is 11.4 Å². The summed E-state index contributed by atoms with van der Waals surface area (Å²) in [5.74, 6) is -0.0703. The number of thioether (sulfide) groups is 1. The van der Waals surface area contributed by atoms with Crippen LogP contribution in [0.2, 0.25) is 0 Å². The Morgan fingerprint density at radius 2 is 1.85 bits per heavy atom. The minimum absolute atomic E-state index is 0.113. The molecule has 7 nitrogen and oxygen atoms in total. The highest BCUT2D eigenvalue weighted by molar-refractivity contribution is 7.99. The zero-order chi connectivity index (χ0) is 23.4. The van der Waals surface area contributed by atoms with Gasteiger partial charge >= 0.3 is 0 Å². The molecule has 33 heavy (non-hydrogen) atoms. The summed E-state index contributed by atoms with van der Waals surface area (Å²) in [7, 11) is 0. The van der Waals surface area contributed by atoms with Crippen molar-refractivity contribution in [1.82, 2.24) is 24.5 Å². The average molecular weight is 463 g/mol. The maximum atomic E-state index is 14.3. The molecule has 1 amide bonds. The van der Waals surface area contributed by atoms with Gasteiger partial charge in [0.2, 0.25) is 5.91 Å². The minimum atomic E-state index is -0.383. The number of hydrogen-bond acceptors (Lipinski definition) is 5. The topological polar surface area (TPSA) is 77.6 Å². The van der Waals surface area contributed by atoms with Gasteiger partial charge in [-0.1, -0.05) is 48.2 Å². The molecule has 2 aromatic carbocycles. The van der Waals surface area contributed by atoms with Gasteiger partial charge in [-0.05, 0) is 38.1 Å². The fourth-order valence-electron chi connectivity index (χ4n) is 3.48. The number of rotatable bonds is 8. The van der Waals surface area contributed by atoms with E-state index in [0.717, 1.165) is 17.1 Å². The molecule has 0 fully saturated rings. The highest BCUT2D eigenvalue weighted by Gasteiger charge is 2.19. The molecule has 168 valence electrons. The number of halogens is 1. The Bertz CT molecular complexity index is 1300. The lowest BCUT2D eigenvalue weighted by Gasteiger charge is -2.09. The molecular weight excluding hydrogens is 439 g/mol. The molecule has 4 rings (SSSR count). The third-order valence-corrected chi connectivity index (χ3v) is 6.00. The van der Waals surface area contributed by atoms with E-state index >= 15 is 0 Å². The molecule has 0 saturated carbocycles. The van der Waals surface area contributed by atoms with Crippen molar-refractivity contribution >= 4 is 23.4 Å². The lowest BCUT2D eigenvalue weighted by atomic mass is 10.2. The predicted octanol–water partition coefficient (Wildman–Crippen LogP) is 4.80. The maximum Gasteiger partial charge on any atom is 0.234 e. The van der Waals surface area contributed by atoms with Gasteiger partial charge in [0.05, 0.1) is 34.1 Å². The number of amides is 1. The minimum Gasteiger partial charge on any atom is -0.322 e. The van der Waals surface area contributed by atoms with Crippen molar-refractivity contribution in [2.24, 2.45) is 0 Å². The highest BCUT2D eigenvalue weighted by atomic mass is 32.2. The van der Waals surface area contributed by atoms with Gasteiger partial charge in [-0.2, -0.15) is 5.10 Å². The van der Waals surface area contributed by atoms with Gasteiger partial charge in [0.15, 0.2) is 11.0 Å². The molecule has 2 aromatic heterocycles. The quantitative estimate of drug-likeness (QED) is 0.301. The van der Waals surface area contributed by atoms with Crippen LogP contribution in [0, 0.1) is 19.7 Å². The number of aryl methyl sites for hydroxylation is 1. The first-order valence-electron chi connectivity index (χ1n) is 10.3. The van der Waals surface area contributed by atoms with Crippen molar-refractivity contribution in [2.45, 2.75) is 25.5 Å². The third kappa shape index (κ3) is 4.73. The van der Waals surface area contributed by atoms with Crippen LogP contribution in [0.3, 0.4) is 0 Å². The Labute approximate surface area is 195 Å². The van der Waals surface area contributed by atoms with E-state index in [2.05, 4.69) is 27.2 Å². The lowest BCUT2D eigenvalue weighted by molar-refractivity contribution is -0.113. The van der Waals surface area contributed by atoms with Crippen LogP contribution in [0.4, 0.5) is 10.1 Å². The second-order valence-corrected chi connectivity index (χ2v) is 8.26. The van der Waals surface area contributed by atoms with Gasteiger partial charge in [-0.3, -0.25) is 9.36 Å². The number of anilines is 1. The summed E-state index contributed by atoms with van der Waals surface area (Å²) in [5, 5.41) is 16.4. The van der Waals surface area contributed by atoms with E-state index in [1.165, 1.54) is 17.8 Å². The number of nitrogens with zero attached hydrogens (tertiary/aromatic N) is 5. The van der Waals surface area contributed by atoms with E-state index < -0.39 is 0 Å². The molecule has 2 heterocycles. The molecule has 0 atom stereocenters. The zero-order valence-corrected chi connectivity index (χ0v) is 19.1. The van der Waals surface area contributed by atoms with Crippen LogP contribution in [-0.4, -0.2) is 36.2 Å². The van der Waals surface area contributed by atoms with E-state index in [-0.39, 0.29) is 17.5 Å². The SMILES string of the molecule is C=CCn1c(SCC(=O)Nc2c(C)nn(-c3ccccc3)c2C)nnc1-c1ccccc1F. The molecule has 0 saturated heterocycles. The van der Waals surface area contributed by atoms with Crippen LogP contribution in [0.5, 0.6) is 0 Å². The second-order valence-electron chi connectivity index (χ2n) is 7.32. The number of carbonyl (C=O) groups is 1. The molecule has 0 aliphatic rings. The molecule has 0 aliphatic carbocycles. The summed E-state index contributed by atoms with van der Waals surface area (Å²) in [5.41, 5.74) is 3.53.